The molecule has 0 unspecified atom stereocenters. The lowest BCUT2D eigenvalue weighted by Gasteiger charge is -2.11. The van der Waals surface area contributed by atoms with Crippen LogP contribution in [0.2, 0.25) is 0 Å². The summed E-state index contributed by atoms with van der Waals surface area (Å²) in [6.07, 6.45) is 0. The van der Waals surface area contributed by atoms with Crippen molar-refractivity contribution >= 4 is 17.5 Å². The fourth-order valence-electron chi connectivity index (χ4n) is 1.56. The molecule has 2 N–H and O–H groups in total. The second-order valence-corrected chi connectivity index (χ2v) is 5.74. The molecule has 1 rings (SSSR count). The Labute approximate surface area is 131 Å². The Morgan fingerprint density at radius 1 is 1.14 bits per heavy atom. The molecule has 0 radical (unpaired) electrons. The Balaban J connectivity index is 2.42. The zero-order chi connectivity index (χ0) is 16.5. The monoisotopic (exact) mass is 307 g/mol. The molecule has 6 heteroatoms. The number of ether oxygens (including phenoxy) is 1. The molecule has 0 bridgehead atoms. The van der Waals surface area contributed by atoms with E-state index in [0.29, 0.717) is 31.3 Å². The van der Waals surface area contributed by atoms with Crippen LogP contribution in [0.1, 0.15) is 13.8 Å². The minimum absolute atomic E-state index is 0.432. The first-order valence-electron chi connectivity index (χ1n) is 7.35. The van der Waals surface area contributed by atoms with Crippen molar-refractivity contribution < 1.29 is 14.3 Å². The first kappa shape index (κ1) is 18.0. The average Bonchev–Trinajstić information content (AvgIpc) is 2.45. The van der Waals surface area contributed by atoms with Gasteiger partial charge in [0.25, 0.3) is 0 Å². The molecular formula is C16H25N3O3. The Bertz CT molecular complexity index is 484. The minimum atomic E-state index is -0.672. The van der Waals surface area contributed by atoms with Crippen LogP contribution in [0.5, 0.6) is 5.75 Å². The van der Waals surface area contributed by atoms with Gasteiger partial charge in [0.15, 0.2) is 0 Å². The van der Waals surface area contributed by atoms with Gasteiger partial charge >= 0.3 is 11.8 Å². The van der Waals surface area contributed by atoms with Gasteiger partial charge in [-0.2, -0.15) is 0 Å². The largest absolute Gasteiger partial charge is 0.493 e. The number of carbonyl (C=O) groups excluding carboxylic acids is 2. The number of nitrogens with one attached hydrogen (secondary N) is 2. The first-order valence-corrected chi connectivity index (χ1v) is 7.35. The van der Waals surface area contributed by atoms with Crippen LogP contribution in [0.3, 0.4) is 0 Å². The molecule has 1 aromatic carbocycles. The molecule has 6 nitrogen and oxygen atoms in total. The summed E-state index contributed by atoms with van der Waals surface area (Å²) in [5.74, 6) is -0.121. The van der Waals surface area contributed by atoms with E-state index in [1.807, 2.05) is 19.0 Å². The predicted octanol–water partition coefficient (Wildman–Crippen LogP) is 1.34. The fraction of sp³-hybridized carbons (Fsp3) is 0.500. The fourth-order valence-corrected chi connectivity index (χ4v) is 1.56. The molecule has 2 amide bonds. The van der Waals surface area contributed by atoms with Crippen LogP contribution in [0.25, 0.3) is 0 Å². The number of amides is 2. The highest BCUT2D eigenvalue weighted by molar-refractivity contribution is 6.39. The van der Waals surface area contributed by atoms with Crippen molar-refractivity contribution in [1.29, 1.82) is 0 Å². The third kappa shape index (κ3) is 7.08. The molecular weight excluding hydrogens is 282 g/mol. The molecule has 1 aromatic rings. The molecule has 0 heterocycles. The summed E-state index contributed by atoms with van der Waals surface area (Å²) in [6, 6.07) is 6.95. The van der Waals surface area contributed by atoms with E-state index >= 15 is 0 Å². The van der Waals surface area contributed by atoms with Crippen LogP contribution in [0.15, 0.2) is 24.3 Å². The van der Waals surface area contributed by atoms with Gasteiger partial charge in [0, 0.05) is 18.8 Å². The second-order valence-electron chi connectivity index (χ2n) is 5.74. The van der Waals surface area contributed by atoms with Crippen LogP contribution in [-0.2, 0) is 9.59 Å². The van der Waals surface area contributed by atoms with E-state index in [4.69, 9.17) is 4.74 Å². The Morgan fingerprint density at radius 3 is 2.32 bits per heavy atom. The van der Waals surface area contributed by atoms with Crippen LogP contribution in [-0.4, -0.2) is 50.5 Å². The first-order chi connectivity index (χ1) is 10.4. The lowest BCUT2D eigenvalue weighted by atomic mass is 10.2. The standard InChI is InChI=1S/C16H25N3O3/c1-12(2)11-22-14-7-5-13(6-8-14)18-16(21)15(20)17-9-10-19(3)4/h5-8,12H,9-11H2,1-4H3,(H,17,20)(H,18,21). The number of anilines is 1. The summed E-state index contributed by atoms with van der Waals surface area (Å²) in [4.78, 5) is 25.3. The Hall–Kier alpha value is -2.08. The van der Waals surface area contributed by atoms with E-state index in [1.54, 1.807) is 24.3 Å². The number of hydrogen-bond donors (Lipinski definition) is 2. The molecule has 0 spiro atoms. The Morgan fingerprint density at radius 2 is 1.77 bits per heavy atom. The maximum Gasteiger partial charge on any atom is 0.313 e. The predicted molar refractivity (Wildman–Crippen MR) is 87.0 cm³/mol. The van der Waals surface area contributed by atoms with Crippen LogP contribution in [0, 0.1) is 5.92 Å². The van der Waals surface area contributed by atoms with Gasteiger partial charge in [-0.25, -0.2) is 0 Å². The SMILES string of the molecule is CC(C)COc1ccc(NC(=O)C(=O)NCCN(C)C)cc1. The van der Waals surface area contributed by atoms with Crippen LogP contribution < -0.4 is 15.4 Å². The highest BCUT2D eigenvalue weighted by Crippen LogP contribution is 2.16. The third-order valence-electron chi connectivity index (χ3n) is 2.75. The maximum absolute atomic E-state index is 11.7. The summed E-state index contributed by atoms with van der Waals surface area (Å²) in [5.41, 5.74) is 0.560. The minimum Gasteiger partial charge on any atom is -0.493 e. The highest BCUT2D eigenvalue weighted by atomic mass is 16.5. The van der Waals surface area contributed by atoms with Gasteiger partial charge in [-0.05, 0) is 44.3 Å². The number of rotatable bonds is 7. The van der Waals surface area contributed by atoms with E-state index in [0.717, 1.165) is 5.75 Å². The number of benzene rings is 1. The van der Waals surface area contributed by atoms with E-state index < -0.39 is 11.8 Å². The van der Waals surface area contributed by atoms with Gasteiger partial charge in [-0.3, -0.25) is 9.59 Å². The summed E-state index contributed by atoms with van der Waals surface area (Å²) in [5, 5.41) is 5.11. The van der Waals surface area contributed by atoms with E-state index in [9.17, 15) is 9.59 Å². The zero-order valence-corrected chi connectivity index (χ0v) is 13.7. The van der Waals surface area contributed by atoms with Gasteiger partial charge < -0.3 is 20.3 Å². The molecule has 0 aliphatic heterocycles. The summed E-state index contributed by atoms with van der Waals surface area (Å²) in [7, 11) is 3.80. The molecule has 0 saturated carbocycles. The number of nitrogens with zero attached hydrogens (tertiary/aromatic N) is 1. The van der Waals surface area contributed by atoms with Gasteiger partial charge in [0.2, 0.25) is 0 Å². The van der Waals surface area contributed by atoms with Crippen molar-refractivity contribution in [1.82, 2.24) is 10.2 Å². The zero-order valence-electron chi connectivity index (χ0n) is 13.7. The summed E-state index contributed by atoms with van der Waals surface area (Å²) >= 11 is 0. The molecule has 122 valence electrons. The molecule has 0 aliphatic carbocycles. The molecule has 0 aromatic heterocycles. The number of likely N-dealkylation sites (N-methyl/N-ethyl adjacent to an activating group) is 1. The molecule has 0 fully saturated rings. The molecule has 0 aliphatic rings. The number of hydrogen-bond acceptors (Lipinski definition) is 4. The van der Waals surface area contributed by atoms with Gasteiger partial charge in [-0.1, -0.05) is 13.8 Å². The highest BCUT2D eigenvalue weighted by Gasteiger charge is 2.13. The smallest absolute Gasteiger partial charge is 0.313 e. The van der Waals surface area contributed by atoms with Crippen molar-refractivity contribution in [3.05, 3.63) is 24.3 Å². The summed E-state index contributed by atoms with van der Waals surface area (Å²) < 4.78 is 5.55. The lowest BCUT2D eigenvalue weighted by Crippen LogP contribution is -2.38. The van der Waals surface area contributed by atoms with Crippen molar-refractivity contribution in [2.24, 2.45) is 5.92 Å². The van der Waals surface area contributed by atoms with Gasteiger partial charge in [0.1, 0.15) is 5.75 Å². The normalized spacial score (nSPS) is 10.6. The van der Waals surface area contributed by atoms with E-state index in [2.05, 4.69) is 24.5 Å². The van der Waals surface area contributed by atoms with Crippen molar-refractivity contribution in [2.75, 3.05) is 39.1 Å². The Kier molecular flexibility index (Phi) is 7.39. The topological polar surface area (TPSA) is 70.7 Å². The van der Waals surface area contributed by atoms with Crippen molar-refractivity contribution in [3.63, 3.8) is 0 Å². The van der Waals surface area contributed by atoms with Gasteiger partial charge in [-0.15, -0.1) is 0 Å². The van der Waals surface area contributed by atoms with E-state index in [1.165, 1.54) is 0 Å². The van der Waals surface area contributed by atoms with Crippen LogP contribution in [0.4, 0.5) is 5.69 Å². The lowest BCUT2D eigenvalue weighted by molar-refractivity contribution is -0.136. The molecule has 0 atom stereocenters. The summed E-state index contributed by atoms with van der Waals surface area (Å²) in [6.45, 7) is 5.90. The third-order valence-corrected chi connectivity index (χ3v) is 2.75. The quantitative estimate of drug-likeness (QED) is 0.746. The second kappa shape index (κ2) is 9.04. The molecule has 22 heavy (non-hydrogen) atoms. The van der Waals surface area contributed by atoms with Gasteiger partial charge in [0.05, 0.1) is 6.61 Å². The van der Waals surface area contributed by atoms with E-state index in [-0.39, 0.29) is 0 Å². The van der Waals surface area contributed by atoms with Crippen LogP contribution >= 0.6 is 0 Å². The van der Waals surface area contributed by atoms with Crippen molar-refractivity contribution in [2.45, 2.75) is 13.8 Å². The molecule has 0 saturated heterocycles. The maximum atomic E-state index is 11.7. The van der Waals surface area contributed by atoms with Crippen molar-refractivity contribution in [3.8, 4) is 5.75 Å². The number of carbonyl (C=O) groups is 2. The average molecular weight is 307 g/mol.